The van der Waals surface area contributed by atoms with Crippen LogP contribution in [-0.4, -0.2) is 28.2 Å². The Balaban J connectivity index is 1.42. The number of hydrogen-bond donors (Lipinski definition) is 3. The van der Waals surface area contributed by atoms with E-state index in [4.69, 9.17) is 4.74 Å². The van der Waals surface area contributed by atoms with Crippen LogP contribution < -0.4 is 10.6 Å². The Kier molecular flexibility index (Phi) is 7.62. The summed E-state index contributed by atoms with van der Waals surface area (Å²) < 4.78 is 5.39. The fourth-order valence-corrected chi connectivity index (χ4v) is 4.67. The number of anilines is 1. The Bertz CT molecular complexity index is 1080. The van der Waals surface area contributed by atoms with Crippen LogP contribution in [0.3, 0.4) is 0 Å². The lowest BCUT2D eigenvalue weighted by Gasteiger charge is -2.29. The van der Waals surface area contributed by atoms with Gasteiger partial charge in [0.25, 0.3) is 0 Å². The van der Waals surface area contributed by atoms with Crippen LogP contribution in [0.15, 0.2) is 54.6 Å². The Morgan fingerprint density at radius 3 is 2.38 bits per heavy atom. The normalized spacial score (nSPS) is 14.9. The molecule has 178 valence electrons. The molecule has 1 fully saturated rings. The highest BCUT2D eigenvalue weighted by Crippen LogP contribution is 2.29. The summed E-state index contributed by atoms with van der Waals surface area (Å²) in [6.07, 6.45) is 4.54. The van der Waals surface area contributed by atoms with Crippen LogP contribution in [0.5, 0.6) is 0 Å². The lowest BCUT2D eigenvalue weighted by molar-refractivity contribution is -0.119. The van der Waals surface area contributed by atoms with E-state index < -0.39 is 12.1 Å². The first-order chi connectivity index (χ1) is 16.5. The van der Waals surface area contributed by atoms with Crippen LogP contribution >= 0.6 is 0 Å². The fourth-order valence-electron chi connectivity index (χ4n) is 4.67. The average Bonchev–Trinajstić information content (AvgIpc) is 3.20. The summed E-state index contributed by atoms with van der Waals surface area (Å²) >= 11 is 0. The van der Waals surface area contributed by atoms with Gasteiger partial charge in [0, 0.05) is 16.9 Å². The Morgan fingerprint density at radius 2 is 1.74 bits per heavy atom. The van der Waals surface area contributed by atoms with E-state index in [-0.39, 0.29) is 18.4 Å². The molecule has 0 aliphatic heterocycles. The van der Waals surface area contributed by atoms with Crippen LogP contribution in [0.25, 0.3) is 11.1 Å². The van der Waals surface area contributed by atoms with Crippen molar-refractivity contribution in [3.63, 3.8) is 0 Å². The average molecular weight is 461 g/mol. The zero-order valence-corrected chi connectivity index (χ0v) is 19.8. The highest BCUT2D eigenvalue weighted by atomic mass is 16.5. The Hall–Kier alpha value is -3.61. The third-order valence-corrected chi connectivity index (χ3v) is 6.46. The predicted octanol–water partition coefficient (Wildman–Crippen LogP) is 5.51. The molecule has 3 N–H and O–H groups in total. The molecular weight excluding hydrogens is 428 g/mol. The maximum Gasteiger partial charge on any atom is 0.408 e. The van der Waals surface area contributed by atoms with E-state index in [0.29, 0.717) is 5.69 Å². The number of aromatic amines is 1. The SMILES string of the molecule is Cc1n[nH]c(C)c1-c1ccc(NC(=O)[C@@H](NC(=O)OCc2ccccc2)C2CCCCC2)cc1. The van der Waals surface area contributed by atoms with Gasteiger partial charge in [-0.2, -0.15) is 5.10 Å². The van der Waals surface area contributed by atoms with Gasteiger partial charge in [0.1, 0.15) is 12.6 Å². The van der Waals surface area contributed by atoms with Crippen molar-refractivity contribution in [2.75, 3.05) is 5.32 Å². The number of amides is 2. The molecular formula is C27H32N4O3. The molecule has 0 unspecified atom stereocenters. The van der Waals surface area contributed by atoms with Gasteiger partial charge in [-0.15, -0.1) is 0 Å². The lowest BCUT2D eigenvalue weighted by Crippen LogP contribution is -2.49. The second kappa shape index (κ2) is 11.0. The summed E-state index contributed by atoms with van der Waals surface area (Å²) in [5.74, 6) is -0.125. The van der Waals surface area contributed by atoms with Crippen molar-refractivity contribution in [1.82, 2.24) is 15.5 Å². The molecule has 0 radical (unpaired) electrons. The molecule has 1 aliphatic carbocycles. The van der Waals surface area contributed by atoms with E-state index in [2.05, 4.69) is 20.8 Å². The summed E-state index contributed by atoms with van der Waals surface area (Å²) in [5, 5.41) is 13.1. The van der Waals surface area contributed by atoms with Gasteiger partial charge < -0.3 is 15.4 Å². The maximum atomic E-state index is 13.2. The van der Waals surface area contributed by atoms with E-state index in [1.165, 1.54) is 0 Å². The van der Waals surface area contributed by atoms with Gasteiger partial charge in [0.15, 0.2) is 0 Å². The molecule has 2 aromatic carbocycles. The van der Waals surface area contributed by atoms with Crippen LogP contribution in [0.1, 0.15) is 49.1 Å². The fraction of sp³-hybridized carbons (Fsp3) is 0.370. The number of alkyl carbamates (subject to hydrolysis) is 1. The molecule has 0 bridgehead atoms. The first-order valence-corrected chi connectivity index (χ1v) is 11.9. The number of nitrogens with zero attached hydrogens (tertiary/aromatic N) is 1. The second-order valence-corrected chi connectivity index (χ2v) is 8.96. The third kappa shape index (κ3) is 5.84. The molecule has 0 saturated heterocycles. The molecule has 7 heteroatoms. The number of benzene rings is 2. The minimum Gasteiger partial charge on any atom is -0.445 e. The highest BCUT2D eigenvalue weighted by molar-refractivity contribution is 5.97. The van der Waals surface area contributed by atoms with Crippen LogP contribution in [-0.2, 0) is 16.1 Å². The minimum atomic E-state index is -0.637. The molecule has 34 heavy (non-hydrogen) atoms. The summed E-state index contributed by atoms with van der Waals surface area (Å²) in [7, 11) is 0. The van der Waals surface area contributed by atoms with E-state index in [1.807, 2.05) is 68.4 Å². The Morgan fingerprint density at radius 1 is 1.03 bits per heavy atom. The third-order valence-electron chi connectivity index (χ3n) is 6.46. The van der Waals surface area contributed by atoms with Crippen molar-refractivity contribution < 1.29 is 14.3 Å². The smallest absolute Gasteiger partial charge is 0.408 e. The number of nitrogens with one attached hydrogen (secondary N) is 3. The standard InChI is InChI=1S/C27H32N4O3/c1-18-24(19(2)31-30-18)21-13-15-23(16-14-21)28-26(32)25(22-11-7-4-8-12-22)29-27(33)34-17-20-9-5-3-6-10-20/h3,5-6,9-10,13-16,22,25H,4,7-8,11-12,17H2,1-2H3,(H,28,32)(H,29,33)(H,30,31)/t25-/m0/s1. The number of aromatic nitrogens is 2. The number of carbonyl (C=O) groups is 2. The van der Waals surface area contributed by atoms with Crippen molar-refractivity contribution in [3.05, 3.63) is 71.5 Å². The highest BCUT2D eigenvalue weighted by Gasteiger charge is 2.31. The number of ether oxygens (including phenoxy) is 1. The summed E-state index contributed by atoms with van der Waals surface area (Å²) in [4.78, 5) is 25.8. The van der Waals surface area contributed by atoms with Gasteiger partial charge in [-0.05, 0) is 55.9 Å². The molecule has 1 saturated carbocycles. The number of hydrogen-bond acceptors (Lipinski definition) is 4. The number of aryl methyl sites for hydroxylation is 2. The van der Waals surface area contributed by atoms with Gasteiger partial charge in [0.2, 0.25) is 5.91 Å². The van der Waals surface area contributed by atoms with E-state index in [1.54, 1.807) is 0 Å². The van der Waals surface area contributed by atoms with Crippen molar-refractivity contribution in [1.29, 1.82) is 0 Å². The van der Waals surface area contributed by atoms with Crippen molar-refractivity contribution in [2.24, 2.45) is 5.92 Å². The number of H-pyrrole nitrogens is 1. The number of carbonyl (C=O) groups excluding carboxylic acids is 2. The molecule has 1 aliphatic rings. The van der Waals surface area contributed by atoms with E-state index >= 15 is 0 Å². The monoisotopic (exact) mass is 460 g/mol. The minimum absolute atomic E-state index is 0.0912. The second-order valence-electron chi connectivity index (χ2n) is 8.96. The van der Waals surface area contributed by atoms with Crippen molar-refractivity contribution in [3.8, 4) is 11.1 Å². The van der Waals surface area contributed by atoms with Crippen molar-refractivity contribution in [2.45, 2.75) is 58.6 Å². The molecule has 4 rings (SSSR count). The van der Waals surface area contributed by atoms with E-state index in [0.717, 1.165) is 60.2 Å². The molecule has 2 amide bonds. The zero-order valence-electron chi connectivity index (χ0n) is 19.8. The lowest BCUT2D eigenvalue weighted by atomic mass is 9.83. The molecule has 1 atom stereocenters. The van der Waals surface area contributed by atoms with E-state index in [9.17, 15) is 9.59 Å². The number of rotatable bonds is 7. The molecule has 0 spiro atoms. The first-order valence-electron chi connectivity index (χ1n) is 11.9. The first kappa shape index (κ1) is 23.5. The summed E-state index contributed by atoms with van der Waals surface area (Å²) in [6, 6.07) is 16.6. The van der Waals surface area contributed by atoms with Gasteiger partial charge in [-0.25, -0.2) is 4.79 Å². The summed E-state index contributed by atoms with van der Waals surface area (Å²) in [6.45, 7) is 4.12. The van der Waals surface area contributed by atoms with Crippen LogP contribution in [0.2, 0.25) is 0 Å². The Labute approximate surface area is 200 Å². The van der Waals surface area contributed by atoms with Crippen LogP contribution in [0.4, 0.5) is 10.5 Å². The van der Waals surface area contributed by atoms with Crippen molar-refractivity contribution >= 4 is 17.7 Å². The van der Waals surface area contributed by atoms with Gasteiger partial charge in [0.05, 0.1) is 5.69 Å². The summed E-state index contributed by atoms with van der Waals surface area (Å²) in [5.41, 5.74) is 5.64. The predicted molar refractivity (Wildman–Crippen MR) is 132 cm³/mol. The molecule has 1 aromatic heterocycles. The quantitative estimate of drug-likeness (QED) is 0.433. The maximum absolute atomic E-state index is 13.2. The topological polar surface area (TPSA) is 96.1 Å². The van der Waals surface area contributed by atoms with Gasteiger partial charge in [-0.1, -0.05) is 61.7 Å². The largest absolute Gasteiger partial charge is 0.445 e. The molecule has 7 nitrogen and oxygen atoms in total. The van der Waals surface area contributed by atoms with Crippen LogP contribution in [0, 0.1) is 19.8 Å². The van der Waals surface area contributed by atoms with Gasteiger partial charge >= 0.3 is 6.09 Å². The molecule has 1 heterocycles. The molecule has 3 aromatic rings. The zero-order chi connectivity index (χ0) is 23.9. The van der Waals surface area contributed by atoms with Gasteiger partial charge in [-0.3, -0.25) is 9.89 Å².